The van der Waals surface area contributed by atoms with Gasteiger partial charge < -0.3 is 14.6 Å². The molecule has 90 valence electrons. The SMILES string of the molecule is CNCc1cccn1Cc1cccc(OC)n1. The Morgan fingerprint density at radius 2 is 2.18 bits per heavy atom. The van der Waals surface area contributed by atoms with E-state index in [1.54, 1.807) is 7.11 Å². The molecule has 0 aromatic carbocycles. The van der Waals surface area contributed by atoms with E-state index in [0.29, 0.717) is 5.88 Å². The molecular weight excluding hydrogens is 214 g/mol. The van der Waals surface area contributed by atoms with Gasteiger partial charge in [-0.3, -0.25) is 0 Å². The number of rotatable bonds is 5. The standard InChI is InChI=1S/C13H17N3O/c1-14-9-12-6-4-8-16(12)10-11-5-3-7-13(15-11)17-2/h3-8,14H,9-10H2,1-2H3. The maximum Gasteiger partial charge on any atom is 0.213 e. The molecule has 0 saturated carbocycles. The van der Waals surface area contributed by atoms with Crippen molar-refractivity contribution in [2.45, 2.75) is 13.1 Å². The molecule has 0 spiro atoms. The highest BCUT2D eigenvalue weighted by Gasteiger charge is 2.02. The number of ether oxygens (including phenoxy) is 1. The molecule has 0 amide bonds. The molecule has 0 unspecified atom stereocenters. The van der Waals surface area contributed by atoms with Gasteiger partial charge >= 0.3 is 0 Å². The third-order valence-electron chi connectivity index (χ3n) is 2.60. The summed E-state index contributed by atoms with van der Waals surface area (Å²) in [5, 5.41) is 3.15. The maximum absolute atomic E-state index is 5.12. The second-order valence-corrected chi connectivity index (χ2v) is 3.83. The van der Waals surface area contributed by atoms with Crippen molar-refractivity contribution >= 4 is 0 Å². The molecule has 4 heteroatoms. The predicted octanol–water partition coefficient (Wildman–Crippen LogP) is 1.66. The van der Waals surface area contributed by atoms with Gasteiger partial charge in [0, 0.05) is 24.5 Å². The lowest BCUT2D eigenvalue weighted by molar-refractivity contribution is 0.396. The fraction of sp³-hybridized carbons (Fsp3) is 0.308. The molecule has 0 aliphatic rings. The van der Waals surface area contributed by atoms with Crippen LogP contribution in [-0.2, 0) is 13.1 Å². The Labute approximate surface area is 101 Å². The highest BCUT2D eigenvalue weighted by molar-refractivity contribution is 5.17. The highest BCUT2D eigenvalue weighted by atomic mass is 16.5. The number of hydrogen-bond donors (Lipinski definition) is 1. The van der Waals surface area contributed by atoms with Crippen LogP contribution in [0.3, 0.4) is 0 Å². The van der Waals surface area contributed by atoms with E-state index >= 15 is 0 Å². The fourth-order valence-electron chi connectivity index (χ4n) is 1.78. The minimum Gasteiger partial charge on any atom is -0.481 e. The van der Waals surface area contributed by atoms with E-state index in [1.807, 2.05) is 31.3 Å². The summed E-state index contributed by atoms with van der Waals surface area (Å²) in [6.07, 6.45) is 2.06. The number of nitrogens with one attached hydrogen (secondary N) is 1. The average Bonchev–Trinajstić information content (AvgIpc) is 2.78. The Bertz CT molecular complexity index is 479. The second-order valence-electron chi connectivity index (χ2n) is 3.83. The van der Waals surface area contributed by atoms with E-state index in [9.17, 15) is 0 Å². The first-order valence-electron chi connectivity index (χ1n) is 5.62. The monoisotopic (exact) mass is 231 g/mol. The first-order valence-corrected chi connectivity index (χ1v) is 5.62. The van der Waals surface area contributed by atoms with E-state index < -0.39 is 0 Å². The molecule has 0 aliphatic heterocycles. The van der Waals surface area contributed by atoms with Crippen LogP contribution in [0.2, 0.25) is 0 Å². The first kappa shape index (κ1) is 11.7. The zero-order chi connectivity index (χ0) is 12.1. The van der Waals surface area contributed by atoms with Crippen LogP contribution in [0.5, 0.6) is 5.88 Å². The van der Waals surface area contributed by atoms with Crippen LogP contribution in [-0.4, -0.2) is 23.7 Å². The molecule has 1 N–H and O–H groups in total. The Hall–Kier alpha value is -1.81. The molecule has 2 heterocycles. The van der Waals surface area contributed by atoms with Crippen molar-refractivity contribution in [3.63, 3.8) is 0 Å². The fourth-order valence-corrected chi connectivity index (χ4v) is 1.78. The Morgan fingerprint density at radius 3 is 2.94 bits per heavy atom. The van der Waals surface area contributed by atoms with Gasteiger partial charge in [0.15, 0.2) is 0 Å². The second kappa shape index (κ2) is 5.50. The maximum atomic E-state index is 5.12. The summed E-state index contributed by atoms with van der Waals surface area (Å²) in [5.41, 5.74) is 2.25. The summed E-state index contributed by atoms with van der Waals surface area (Å²) in [4.78, 5) is 4.40. The lowest BCUT2D eigenvalue weighted by Crippen LogP contribution is -2.12. The van der Waals surface area contributed by atoms with Crippen molar-refractivity contribution in [2.75, 3.05) is 14.2 Å². The lowest BCUT2D eigenvalue weighted by Gasteiger charge is -2.09. The molecule has 4 nitrogen and oxygen atoms in total. The smallest absolute Gasteiger partial charge is 0.213 e. The third kappa shape index (κ3) is 2.85. The summed E-state index contributed by atoms with van der Waals surface area (Å²) in [7, 11) is 3.58. The summed E-state index contributed by atoms with van der Waals surface area (Å²) in [5.74, 6) is 0.657. The van der Waals surface area contributed by atoms with Crippen molar-refractivity contribution in [1.29, 1.82) is 0 Å². The van der Waals surface area contributed by atoms with E-state index in [2.05, 4.69) is 27.1 Å². The summed E-state index contributed by atoms with van der Waals surface area (Å²) >= 11 is 0. The first-order chi connectivity index (χ1) is 8.33. The lowest BCUT2D eigenvalue weighted by atomic mass is 10.3. The zero-order valence-electron chi connectivity index (χ0n) is 10.2. The Morgan fingerprint density at radius 1 is 1.29 bits per heavy atom. The summed E-state index contributed by atoms with van der Waals surface area (Å²) < 4.78 is 7.30. The zero-order valence-corrected chi connectivity index (χ0v) is 10.2. The van der Waals surface area contributed by atoms with E-state index in [0.717, 1.165) is 18.8 Å². The molecule has 2 aromatic heterocycles. The molecule has 2 aromatic rings. The van der Waals surface area contributed by atoms with Crippen LogP contribution in [0.15, 0.2) is 36.5 Å². The van der Waals surface area contributed by atoms with Crippen molar-refractivity contribution in [2.24, 2.45) is 0 Å². The average molecular weight is 231 g/mol. The molecule has 17 heavy (non-hydrogen) atoms. The van der Waals surface area contributed by atoms with Crippen LogP contribution in [0.25, 0.3) is 0 Å². The normalized spacial score (nSPS) is 10.5. The van der Waals surface area contributed by atoms with E-state index in [-0.39, 0.29) is 0 Å². The number of aromatic nitrogens is 2. The molecule has 0 saturated heterocycles. The van der Waals surface area contributed by atoms with Gasteiger partial charge in [0.25, 0.3) is 0 Å². The molecule has 0 atom stereocenters. The van der Waals surface area contributed by atoms with Gasteiger partial charge in [0.2, 0.25) is 5.88 Å². The molecule has 0 fully saturated rings. The Kier molecular flexibility index (Phi) is 3.77. The van der Waals surface area contributed by atoms with Gasteiger partial charge in [-0.05, 0) is 25.2 Å². The number of methoxy groups -OCH3 is 1. The minimum absolute atomic E-state index is 0.657. The summed E-state index contributed by atoms with van der Waals surface area (Å²) in [6, 6.07) is 9.98. The predicted molar refractivity (Wildman–Crippen MR) is 67.1 cm³/mol. The van der Waals surface area contributed by atoms with Gasteiger partial charge in [-0.2, -0.15) is 0 Å². The summed E-state index contributed by atoms with van der Waals surface area (Å²) in [6.45, 7) is 1.62. The largest absolute Gasteiger partial charge is 0.481 e. The van der Waals surface area contributed by atoms with E-state index in [4.69, 9.17) is 4.74 Å². The van der Waals surface area contributed by atoms with Crippen molar-refractivity contribution in [3.05, 3.63) is 47.9 Å². The van der Waals surface area contributed by atoms with Crippen LogP contribution >= 0.6 is 0 Å². The van der Waals surface area contributed by atoms with Crippen molar-refractivity contribution in [3.8, 4) is 5.88 Å². The van der Waals surface area contributed by atoms with Gasteiger partial charge in [0.1, 0.15) is 0 Å². The van der Waals surface area contributed by atoms with Crippen LogP contribution in [0.1, 0.15) is 11.4 Å². The van der Waals surface area contributed by atoms with Crippen LogP contribution in [0, 0.1) is 0 Å². The number of hydrogen-bond acceptors (Lipinski definition) is 3. The third-order valence-corrected chi connectivity index (χ3v) is 2.60. The Balaban J connectivity index is 2.16. The molecular formula is C13H17N3O. The molecule has 2 rings (SSSR count). The van der Waals surface area contributed by atoms with Gasteiger partial charge in [0.05, 0.1) is 19.3 Å². The van der Waals surface area contributed by atoms with Crippen LogP contribution < -0.4 is 10.1 Å². The van der Waals surface area contributed by atoms with Gasteiger partial charge in [-0.1, -0.05) is 6.07 Å². The number of pyridine rings is 1. The van der Waals surface area contributed by atoms with Crippen LogP contribution in [0.4, 0.5) is 0 Å². The quantitative estimate of drug-likeness (QED) is 0.850. The minimum atomic E-state index is 0.657. The topological polar surface area (TPSA) is 39.1 Å². The molecule has 0 aliphatic carbocycles. The van der Waals surface area contributed by atoms with Gasteiger partial charge in [-0.25, -0.2) is 4.98 Å². The van der Waals surface area contributed by atoms with E-state index in [1.165, 1.54) is 5.69 Å². The number of nitrogens with zero attached hydrogens (tertiary/aromatic N) is 2. The van der Waals surface area contributed by atoms with Crippen molar-refractivity contribution < 1.29 is 4.74 Å². The molecule has 0 bridgehead atoms. The highest BCUT2D eigenvalue weighted by Crippen LogP contribution is 2.10. The molecule has 0 radical (unpaired) electrons. The van der Waals surface area contributed by atoms with Crippen molar-refractivity contribution in [1.82, 2.24) is 14.9 Å². The van der Waals surface area contributed by atoms with Gasteiger partial charge in [-0.15, -0.1) is 0 Å².